The Morgan fingerprint density at radius 3 is 2.04 bits per heavy atom. The van der Waals surface area contributed by atoms with E-state index in [0.717, 1.165) is 0 Å². The van der Waals surface area contributed by atoms with Crippen LogP contribution in [0.5, 0.6) is 0 Å². The Balaban J connectivity index is 1.68. The molecular weight excluding hydrogens is 338 g/mol. The van der Waals surface area contributed by atoms with E-state index in [-0.39, 0.29) is 17.6 Å². The Morgan fingerprint density at radius 1 is 0.846 bits per heavy atom. The monoisotopic (exact) mass is 358 g/mol. The first-order valence-corrected chi connectivity index (χ1v) is 8.56. The zero-order valence-electron chi connectivity index (χ0n) is 14.5. The van der Waals surface area contributed by atoms with Crippen molar-refractivity contribution in [1.29, 1.82) is 0 Å². The molecule has 4 nitrogen and oxygen atoms in total. The number of carbonyl (C=O) groups excluding carboxylic acids is 2. The predicted molar refractivity (Wildman–Crippen MR) is 94.0 cm³/mol. The zero-order chi connectivity index (χ0) is 18.7. The Labute approximate surface area is 151 Å². The molecule has 2 amide bonds. The molecule has 0 radical (unpaired) electrons. The van der Waals surface area contributed by atoms with Gasteiger partial charge >= 0.3 is 0 Å². The SMILES string of the molecule is Cc1cc(C(=O)N2CCCN(C(=O)c3cccc(F)c3)CC2)ccc1F. The molecule has 1 heterocycles. The van der Waals surface area contributed by atoms with Gasteiger partial charge in [0.25, 0.3) is 11.8 Å². The van der Waals surface area contributed by atoms with E-state index in [1.807, 2.05) is 0 Å². The van der Waals surface area contributed by atoms with Crippen LogP contribution in [-0.2, 0) is 0 Å². The third-order valence-corrected chi connectivity index (χ3v) is 4.55. The fourth-order valence-corrected chi connectivity index (χ4v) is 3.09. The van der Waals surface area contributed by atoms with E-state index in [0.29, 0.717) is 49.3 Å². The summed E-state index contributed by atoms with van der Waals surface area (Å²) < 4.78 is 26.7. The van der Waals surface area contributed by atoms with Crippen molar-refractivity contribution in [2.75, 3.05) is 26.2 Å². The molecule has 26 heavy (non-hydrogen) atoms. The van der Waals surface area contributed by atoms with E-state index in [9.17, 15) is 18.4 Å². The quantitative estimate of drug-likeness (QED) is 0.827. The smallest absolute Gasteiger partial charge is 0.254 e. The molecule has 136 valence electrons. The molecule has 1 aliphatic heterocycles. The molecule has 0 spiro atoms. The van der Waals surface area contributed by atoms with Crippen LogP contribution < -0.4 is 0 Å². The third kappa shape index (κ3) is 3.90. The summed E-state index contributed by atoms with van der Waals surface area (Å²) in [6.07, 6.45) is 0.632. The molecule has 1 saturated heterocycles. The highest BCUT2D eigenvalue weighted by Gasteiger charge is 2.24. The fourth-order valence-electron chi connectivity index (χ4n) is 3.09. The fraction of sp³-hybridized carbons (Fsp3) is 0.300. The molecule has 2 aromatic carbocycles. The predicted octanol–water partition coefficient (Wildman–Crippen LogP) is 3.26. The van der Waals surface area contributed by atoms with Gasteiger partial charge in [-0.25, -0.2) is 8.78 Å². The Morgan fingerprint density at radius 2 is 1.46 bits per heavy atom. The van der Waals surface area contributed by atoms with Crippen molar-refractivity contribution >= 4 is 11.8 Å². The van der Waals surface area contributed by atoms with E-state index in [1.165, 1.54) is 36.4 Å². The second kappa shape index (κ2) is 7.64. The number of aryl methyl sites for hydroxylation is 1. The van der Waals surface area contributed by atoms with Gasteiger partial charge in [-0.1, -0.05) is 6.07 Å². The van der Waals surface area contributed by atoms with Crippen molar-refractivity contribution in [1.82, 2.24) is 9.80 Å². The Bertz CT molecular complexity index is 838. The molecule has 0 N–H and O–H groups in total. The standard InChI is InChI=1S/C20H20F2N2O2/c1-14-12-16(6-7-18(14)22)20(26)24-9-3-8-23(10-11-24)19(25)15-4-2-5-17(21)13-15/h2,4-7,12-13H,3,8-11H2,1H3. The van der Waals surface area contributed by atoms with Gasteiger partial charge in [-0.2, -0.15) is 0 Å². The minimum Gasteiger partial charge on any atom is -0.337 e. The molecule has 0 aromatic heterocycles. The maximum Gasteiger partial charge on any atom is 0.254 e. The second-order valence-corrected chi connectivity index (χ2v) is 6.41. The summed E-state index contributed by atoms with van der Waals surface area (Å²) >= 11 is 0. The molecule has 0 atom stereocenters. The summed E-state index contributed by atoms with van der Waals surface area (Å²) in [5.41, 5.74) is 1.17. The highest BCUT2D eigenvalue weighted by Crippen LogP contribution is 2.15. The lowest BCUT2D eigenvalue weighted by molar-refractivity contribution is 0.0718. The lowest BCUT2D eigenvalue weighted by Gasteiger charge is -2.22. The van der Waals surface area contributed by atoms with Crippen molar-refractivity contribution in [3.63, 3.8) is 0 Å². The number of halogens is 2. The average molecular weight is 358 g/mol. The molecule has 2 aromatic rings. The number of carbonyl (C=O) groups is 2. The molecule has 0 bridgehead atoms. The van der Waals surface area contributed by atoms with Gasteiger partial charge in [0, 0.05) is 37.3 Å². The normalized spacial score (nSPS) is 14.9. The topological polar surface area (TPSA) is 40.6 Å². The summed E-state index contributed by atoms with van der Waals surface area (Å²) in [5, 5.41) is 0. The number of nitrogens with zero attached hydrogens (tertiary/aromatic N) is 2. The maximum absolute atomic E-state index is 13.4. The van der Waals surface area contributed by atoms with Gasteiger partial charge in [0.05, 0.1) is 0 Å². The highest BCUT2D eigenvalue weighted by atomic mass is 19.1. The molecule has 0 saturated carbocycles. The second-order valence-electron chi connectivity index (χ2n) is 6.41. The average Bonchev–Trinajstić information content (AvgIpc) is 2.89. The number of hydrogen-bond donors (Lipinski definition) is 0. The minimum absolute atomic E-state index is 0.173. The van der Waals surface area contributed by atoms with Crippen molar-refractivity contribution in [3.05, 3.63) is 70.8 Å². The number of amides is 2. The summed E-state index contributed by atoms with van der Waals surface area (Å²) in [4.78, 5) is 28.5. The van der Waals surface area contributed by atoms with Crippen molar-refractivity contribution in [2.45, 2.75) is 13.3 Å². The van der Waals surface area contributed by atoms with Crippen molar-refractivity contribution in [3.8, 4) is 0 Å². The van der Waals surface area contributed by atoms with E-state index < -0.39 is 5.82 Å². The summed E-state index contributed by atoms with van der Waals surface area (Å²) in [6, 6.07) is 9.92. The van der Waals surface area contributed by atoms with E-state index in [4.69, 9.17) is 0 Å². The molecular formula is C20H20F2N2O2. The van der Waals surface area contributed by atoms with Gasteiger partial charge in [0.1, 0.15) is 11.6 Å². The van der Waals surface area contributed by atoms with Crippen LogP contribution in [0, 0.1) is 18.6 Å². The van der Waals surface area contributed by atoms with E-state index in [2.05, 4.69) is 0 Å². The first-order valence-electron chi connectivity index (χ1n) is 8.56. The van der Waals surface area contributed by atoms with Crippen LogP contribution >= 0.6 is 0 Å². The van der Waals surface area contributed by atoms with Gasteiger partial charge < -0.3 is 9.80 Å². The molecule has 1 fully saturated rings. The van der Waals surface area contributed by atoms with Crippen molar-refractivity contribution in [2.24, 2.45) is 0 Å². The lowest BCUT2D eigenvalue weighted by atomic mass is 10.1. The maximum atomic E-state index is 13.4. The highest BCUT2D eigenvalue weighted by molar-refractivity contribution is 5.95. The largest absolute Gasteiger partial charge is 0.337 e. The van der Waals surface area contributed by atoms with Gasteiger partial charge in [-0.15, -0.1) is 0 Å². The first kappa shape index (κ1) is 18.0. The van der Waals surface area contributed by atoms with Crippen molar-refractivity contribution < 1.29 is 18.4 Å². The van der Waals surface area contributed by atoms with Gasteiger partial charge in [0.2, 0.25) is 0 Å². The molecule has 0 aliphatic carbocycles. The van der Waals surface area contributed by atoms with Crippen LogP contribution in [0.4, 0.5) is 8.78 Å². The van der Waals surface area contributed by atoms with Crippen LogP contribution in [0.25, 0.3) is 0 Å². The van der Waals surface area contributed by atoms with E-state index in [1.54, 1.807) is 22.8 Å². The number of benzene rings is 2. The summed E-state index contributed by atoms with van der Waals surface area (Å²) in [5.74, 6) is -1.21. The molecule has 0 unspecified atom stereocenters. The third-order valence-electron chi connectivity index (χ3n) is 4.55. The van der Waals surface area contributed by atoms with Gasteiger partial charge in [-0.3, -0.25) is 9.59 Å². The van der Waals surface area contributed by atoms with E-state index >= 15 is 0 Å². The minimum atomic E-state index is -0.450. The van der Waals surface area contributed by atoms with Gasteiger partial charge in [-0.05, 0) is 55.3 Å². The number of rotatable bonds is 2. The van der Waals surface area contributed by atoms with Gasteiger partial charge in [0.15, 0.2) is 0 Å². The molecule has 3 rings (SSSR count). The zero-order valence-corrected chi connectivity index (χ0v) is 14.5. The lowest BCUT2D eigenvalue weighted by Crippen LogP contribution is -2.37. The Hall–Kier alpha value is -2.76. The summed E-state index contributed by atoms with van der Waals surface area (Å²) in [6.45, 7) is 3.40. The molecule has 6 heteroatoms. The van der Waals surface area contributed by atoms with Crippen LogP contribution in [0.2, 0.25) is 0 Å². The van der Waals surface area contributed by atoms with Crippen LogP contribution in [0.1, 0.15) is 32.7 Å². The summed E-state index contributed by atoms with van der Waals surface area (Å²) in [7, 11) is 0. The Kier molecular flexibility index (Phi) is 5.30. The first-order chi connectivity index (χ1) is 12.5. The number of hydrogen-bond acceptors (Lipinski definition) is 2. The van der Waals surface area contributed by atoms with Crippen LogP contribution in [0.3, 0.4) is 0 Å². The van der Waals surface area contributed by atoms with Crippen LogP contribution in [-0.4, -0.2) is 47.8 Å². The molecule has 1 aliphatic rings. The van der Waals surface area contributed by atoms with Crippen LogP contribution in [0.15, 0.2) is 42.5 Å².